The van der Waals surface area contributed by atoms with E-state index >= 15 is 0 Å². The smallest absolute Gasteiger partial charge is 0.239 e. The van der Waals surface area contributed by atoms with E-state index in [2.05, 4.69) is 127 Å². The SMILES string of the molecule is COCC1(c2ccc(CC(C)CNC(=O)C(C)(C)N3CCC(CO)(c4ccccc4)CC3)cc2)CCN(C(C)(C)C(=O)NCC(C)Cc2ccc3c(c2)COC32CCN(C(C)(C)C(=O)NCC(C)C)CC2)CC1. The van der Waals surface area contributed by atoms with Crippen LogP contribution in [0.5, 0.6) is 0 Å². The van der Waals surface area contributed by atoms with Crippen LogP contribution in [-0.4, -0.2) is 133 Å². The average Bonchev–Trinajstić information content (AvgIpc) is 3.73. The van der Waals surface area contributed by atoms with Crippen LogP contribution >= 0.6 is 0 Å². The number of likely N-dealkylation sites (tertiary alicyclic amines) is 3. The normalized spacial score (nSPS) is 20.3. The summed E-state index contributed by atoms with van der Waals surface area (Å²) in [6, 6.07) is 26.2. The van der Waals surface area contributed by atoms with Crippen molar-refractivity contribution in [3.8, 4) is 0 Å². The molecule has 4 heterocycles. The average molecular weight is 1010 g/mol. The predicted octanol–water partition coefficient (Wildman–Crippen LogP) is 7.91. The number of piperidine rings is 3. The molecule has 12 nitrogen and oxygen atoms in total. The molecule has 0 radical (unpaired) electrons. The highest BCUT2D eigenvalue weighted by atomic mass is 16.5. The monoisotopic (exact) mass is 1000 g/mol. The Kier molecular flexibility index (Phi) is 18.1. The van der Waals surface area contributed by atoms with Gasteiger partial charge in [-0.1, -0.05) is 100 Å². The summed E-state index contributed by atoms with van der Waals surface area (Å²) in [5.41, 5.74) is 4.96. The summed E-state index contributed by atoms with van der Waals surface area (Å²) in [5, 5.41) is 20.2. The van der Waals surface area contributed by atoms with Gasteiger partial charge in [-0.3, -0.25) is 29.1 Å². The topological polar surface area (TPSA) is 136 Å². The van der Waals surface area contributed by atoms with E-state index in [0.717, 1.165) is 90.6 Å². The van der Waals surface area contributed by atoms with Crippen LogP contribution in [0.25, 0.3) is 0 Å². The van der Waals surface area contributed by atoms with Crippen LogP contribution in [0.15, 0.2) is 72.8 Å². The van der Waals surface area contributed by atoms with Gasteiger partial charge in [0.05, 0.1) is 42.0 Å². The largest absolute Gasteiger partial charge is 0.395 e. The zero-order valence-electron chi connectivity index (χ0n) is 46.6. The molecule has 4 aliphatic rings. The van der Waals surface area contributed by atoms with Crippen LogP contribution in [0.2, 0.25) is 0 Å². The molecule has 1 spiro atoms. The van der Waals surface area contributed by atoms with Crippen molar-refractivity contribution in [2.75, 3.05) is 79.2 Å². The zero-order valence-corrected chi connectivity index (χ0v) is 46.6. The summed E-state index contributed by atoms with van der Waals surface area (Å²) in [6.45, 7) is 28.8. The Morgan fingerprint density at radius 3 is 1.52 bits per heavy atom. The molecule has 7 rings (SSSR count). The lowest BCUT2D eigenvalue weighted by molar-refractivity contribution is -0.137. The quantitative estimate of drug-likeness (QED) is 0.0840. The number of carbonyl (C=O) groups is 3. The number of nitrogens with one attached hydrogen (secondary N) is 3. The van der Waals surface area contributed by atoms with Crippen molar-refractivity contribution < 1.29 is 29.0 Å². The van der Waals surface area contributed by atoms with Gasteiger partial charge in [0.15, 0.2) is 0 Å². The maximum Gasteiger partial charge on any atom is 0.239 e. The standard InChI is InChI=1S/C61H92N6O6/c1-44(2)38-62-53(69)56(5,6)67-33-27-61(28-34-67)52-22-19-48(37-49(52)41-73-61)36-46(4)40-64-55(71)58(9,10)66-31-25-60(26-32-66,43-72-11)51-20-17-47(18-21-51)35-45(3)39-63-54(70)57(7,8)65-29-23-59(42-68,24-30-65)50-15-13-12-14-16-50/h12-22,37,44-46,68H,23-36,38-43H2,1-11H3,(H,62,69)(H,63,70)(H,64,71). The number of methoxy groups -OCH3 is 1. The van der Waals surface area contributed by atoms with E-state index in [4.69, 9.17) is 9.47 Å². The van der Waals surface area contributed by atoms with E-state index in [1.54, 1.807) is 7.11 Å². The molecule has 73 heavy (non-hydrogen) atoms. The fourth-order valence-corrected chi connectivity index (χ4v) is 12.4. The summed E-state index contributed by atoms with van der Waals surface area (Å²) in [4.78, 5) is 47.6. The first-order valence-corrected chi connectivity index (χ1v) is 27.7. The van der Waals surface area contributed by atoms with Crippen LogP contribution in [0.4, 0.5) is 0 Å². The molecule has 0 aromatic heterocycles. The van der Waals surface area contributed by atoms with Gasteiger partial charge in [-0.25, -0.2) is 0 Å². The number of rotatable bonds is 21. The first kappa shape index (κ1) is 56.6. The van der Waals surface area contributed by atoms with E-state index in [1.807, 2.05) is 45.9 Å². The lowest BCUT2D eigenvalue weighted by atomic mass is 9.72. The fraction of sp³-hybridized carbons (Fsp3) is 0.656. The Morgan fingerprint density at radius 2 is 1.04 bits per heavy atom. The first-order valence-electron chi connectivity index (χ1n) is 27.7. The van der Waals surface area contributed by atoms with Gasteiger partial charge in [-0.05, 0) is 144 Å². The Labute approximate surface area is 439 Å². The maximum absolute atomic E-state index is 13.9. The third-order valence-electron chi connectivity index (χ3n) is 18.0. The van der Waals surface area contributed by atoms with Crippen molar-refractivity contribution in [1.29, 1.82) is 0 Å². The molecule has 3 fully saturated rings. The van der Waals surface area contributed by atoms with Crippen molar-refractivity contribution in [1.82, 2.24) is 30.7 Å². The number of fused-ring (bicyclic) bond motifs is 2. The number of aliphatic hydroxyl groups is 1. The third-order valence-corrected chi connectivity index (χ3v) is 18.0. The Hall–Kier alpha value is -4.17. The van der Waals surface area contributed by atoms with Gasteiger partial charge in [-0.15, -0.1) is 0 Å². The molecular weight excluding hydrogens is 913 g/mol. The molecule has 2 unspecified atom stereocenters. The number of nitrogens with zero attached hydrogens (tertiary/aromatic N) is 3. The number of amides is 3. The van der Waals surface area contributed by atoms with Crippen molar-refractivity contribution in [3.05, 3.63) is 106 Å². The summed E-state index contributed by atoms with van der Waals surface area (Å²) in [6.07, 6.45) is 6.88. The van der Waals surface area contributed by atoms with Gasteiger partial charge in [-0.2, -0.15) is 0 Å². The van der Waals surface area contributed by atoms with Crippen molar-refractivity contribution in [3.63, 3.8) is 0 Å². The molecule has 4 aliphatic heterocycles. The molecule has 3 amide bonds. The second kappa shape index (κ2) is 23.4. The summed E-state index contributed by atoms with van der Waals surface area (Å²) < 4.78 is 12.5. The third kappa shape index (κ3) is 12.6. The molecule has 0 saturated carbocycles. The van der Waals surface area contributed by atoms with E-state index in [9.17, 15) is 19.5 Å². The highest BCUT2D eigenvalue weighted by molar-refractivity contribution is 5.86. The van der Waals surface area contributed by atoms with Crippen molar-refractivity contribution in [2.45, 2.75) is 160 Å². The summed E-state index contributed by atoms with van der Waals surface area (Å²) in [5.74, 6) is 1.13. The van der Waals surface area contributed by atoms with Gasteiger partial charge in [0, 0.05) is 76.8 Å². The molecule has 3 saturated heterocycles. The fourth-order valence-electron chi connectivity index (χ4n) is 12.4. The molecule has 4 N–H and O–H groups in total. The molecule has 402 valence electrons. The van der Waals surface area contributed by atoms with Crippen LogP contribution < -0.4 is 16.0 Å². The molecule has 3 aromatic carbocycles. The number of carbonyl (C=O) groups excluding carboxylic acids is 3. The van der Waals surface area contributed by atoms with E-state index in [0.29, 0.717) is 38.8 Å². The first-order chi connectivity index (χ1) is 34.6. The van der Waals surface area contributed by atoms with Crippen LogP contribution in [0, 0.1) is 17.8 Å². The number of hydrogen-bond acceptors (Lipinski definition) is 9. The number of ether oxygens (including phenoxy) is 2. The lowest BCUT2D eigenvalue weighted by Gasteiger charge is -2.47. The van der Waals surface area contributed by atoms with E-state index in [1.165, 1.54) is 33.4 Å². The van der Waals surface area contributed by atoms with Crippen LogP contribution in [0.1, 0.15) is 141 Å². The minimum absolute atomic E-state index is 0.0453. The minimum atomic E-state index is -0.659. The molecule has 3 aromatic rings. The zero-order chi connectivity index (χ0) is 52.8. The summed E-state index contributed by atoms with van der Waals surface area (Å²) >= 11 is 0. The molecule has 0 aliphatic carbocycles. The number of hydrogen-bond donors (Lipinski definition) is 4. The maximum atomic E-state index is 13.9. The van der Waals surface area contributed by atoms with Gasteiger partial charge in [0.25, 0.3) is 0 Å². The van der Waals surface area contributed by atoms with Gasteiger partial charge >= 0.3 is 0 Å². The molecular formula is C61H92N6O6. The highest BCUT2D eigenvalue weighted by Crippen LogP contribution is 2.46. The van der Waals surface area contributed by atoms with Crippen molar-refractivity contribution >= 4 is 17.7 Å². The second-order valence-corrected chi connectivity index (χ2v) is 24.8. The predicted molar refractivity (Wildman–Crippen MR) is 292 cm³/mol. The van der Waals surface area contributed by atoms with Crippen molar-refractivity contribution in [2.24, 2.45) is 17.8 Å². The lowest BCUT2D eigenvalue weighted by Crippen LogP contribution is -2.59. The Bertz CT molecular complexity index is 2310. The molecule has 0 bridgehead atoms. The highest BCUT2D eigenvalue weighted by Gasteiger charge is 2.48. The van der Waals surface area contributed by atoms with Crippen LogP contribution in [0.3, 0.4) is 0 Å². The number of aliphatic hydroxyl groups excluding tert-OH is 1. The number of benzene rings is 3. The minimum Gasteiger partial charge on any atom is -0.395 e. The molecule has 2 atom stereocenters. The Balaban J connectivity index is 0.846. The van der Waals surface area contributed by atoms with Gasteiger partial charge in [0.2, 0.25) is 17.7 Å². The van der Waals surface area contributed by atoms with E-state index in [-0.39, 0.29) is 52.6 Å². The van der Waals surface area contributed by atoms with E-state index < -0.39 is 16.6 Å². The van der Waals surface area contributed by atoms with Gasteiger partial charge < -0.3 is 30.5 Å². The van der Waals surface area contributed by atoms with Gasteiger partial charge in [0.1, 0.15) is 0 Å². The summed E-state index contributed by atoms with van der Waals surface area (Å²) in [7, 11) is 1.79. The Morgan fingerprint density at radius 1 is 0.603 bits per heavy atom. The molecule has 12 heteroatoms. The second-order valence-electron chi connectivity index (χ2n) is 24.8. The van der Waals surface area contributed by atoms with Crippen LogP contribution in [-0.2, 0) is 59.7 Å².